The summed E-state index contributed by atoms with van der Waals surface area (Å²) >= 11 is 17.6. The summed E-state index contributed by atoms with van der Waals surface area (Å²) in [5, 5.41) is 12.1. The highest BCUT2D eigenvalue weighted by molar-refractivity contribution is 6.40. The molecule has 0 saturated heterocycles. The van der Waals surface area contributed by atoms with Gasteiger partial charge in [0.1, 0.15) is 6.04 Å². The van der Waals surface area contributed by atoms with Crippen LogP contribution in [0, 0.1) is 5.92 Å². The number of carbonyl (C=O) groups excluding carboxylic acids is 1. The highest BCUT2D eigenvalue weighted by Gasteiger charge is 2.21. The lowest BCUT2D eigenvalue weighted by Gasteiger charge is -2.17. The first-order valence-electron chi connectivity index (χ1n) is 6.50. The molecule has 1 aromatic carbocycles. The van der Waals surface area contributed by atoms with Crippen LogP contribution >= 0.6 is 34.8 Å². The second-order valence-electron chi connectivity index (χ2n) is 5.08. The fourth-order valence-electron chi connectivity index (χ4n) is 1.73. The van der Waals surface area contributed by atoms with E-state index in [1.165, 1.54) is 12.1 Å². The van der Waals surface area contributed by atoms with E-state index in [1.54, 1.807) is 0 Å². The normalized spacial score (nSPS) is 12.1. The van der Waals surface area contributed by atoms with Crippen LogP contribution in [0.2, 0.25) is 15.1 Å². The quantitative estimate of drug-likeness (QED) is 0.770. The van der Waals surface area contributed by atoms with Gasteiger partial charge in [-0.25, -0.2) is 4.79 Å². The van der Waals surface area contributed by atoms with E-state index < -0.39 is 24.5 Å². The first-order chi connectivity index (χ1) is 10.2. The Hall–Kier alpha value is -1.17. The minimum atomic E-state index is -1.09. The molecule has 1 atom stereocenters. The van der Waals surface area contributed by atoms with Crippen molar-refractivity contribution in [2.75, 3.05) is 6.61 Å². The standard InChI is InChI=1S/C14H16Cl3NO4/c1-7(2)3-11(14(20)21)18-12(19)6-22-13-9(16)4-8(15)5-10(13)17/h4-5,7,11H,3,6H2,1-2H3,(H,18,19)(H,20,21)/t11-/m1/s1. The summed E-state index contributed by atoms with van der Waals surface area (Å²) < 4.78 is 5.24. The van der Waals surface area contributed by atoms with Gasteiger partial charge in [0.15, 0.2) is 12.4 Å². The van der Waals surface area contributed by atoms with Crippen molar-refractivity contribution in [3.05, 3.63) is 27.2 Å². The van der Waals surface area contributed by atoms with Crippen molar-refractivity contribution in [3.63, 3.8) is 0 Å². The third-order valence-corrected chi connectivity index (χ3v) is 3.43. The number of hydrogen-bond acceptors (Lipinski definition) is 3. The summed E-state index contributed by atoms with van der Waals surface area (Å²) in [6.45, 7) is 3.33. The Morgan fingerprint density at radius 3 is 2.23 bits per heavy atom. The lowest BCUT2D eigenvalue weighted by Crippen LogP contribution is -2.43. The monoisotopic (exact) mass is 367 g/mol. The van der Waals surface area contributed by atoms with Crippen molar-refractivity contribution < 1.29 is 19.4 Å². The number of amides is 1. The number of carbonyl (C=O) groups is 2. The number of ether oxygens (including phenoxy) is 1. The number of carboxylic acids is 1. The SMILES string of the molecule is CC(C)C[C@@H](NC(=O)COc1c(Cl)cc(Cl)cc1Cl)C(=O)O. The number of hydrogen-bond donors (Lipinski definition) is 2. The average molecular weight is 369 g/mol. The van der Waals surface area contributed by atoms with Gasteiger partial charge in [-0.2, -0.15) is 0 Å². The molecule has 0 aliphatic carbocycles. The molecule has 0 unspecified atom stereocenters. The van der Waals surface area contributed by atoms with Crippen LogP contribution in [0.1, 0.15) is 20.3 Å². The molecule has 0 aliphatic heterocycles. The van der Waals surface area contributed by atoms with E-state index in [0.29, 0.717) is 11.4 Å². The zero-order valence-electron chi connectivity index (χ0n) is 12.0. The average Bonchev–Trinajstić information content (AvgIpc) is 2.35. The molecule has 0 spiro atoms. The number of benzene rings is 1. The van der Waals surface area contributed by atoms with Gasteiger partial charge >= 0.3 is 5.97 Å². The number of nitrogens with one attached hydrogen (secondary N) is 1. The fraction of sp³-hybridized carbons (Fsp3) is 0.429. The number of carboxylic acid groups (broad SMARTS) is 1. The van der Waals surface area contributed by atoms with Crippen LogP contribution in [0.25, 0.3) is 0 Å². The van der Waals surface area contributed by atoms with E-state index in [4.69, 9.17) is 44.6 Å². The van der Waals surface area contributed by atoms with Gasteiger partial charge in [0.05, 0.1) is 10.0 Å². The van der Waals surface area contributed by atoms with E-state index in [2.05, 4.69) is 5.32 Å². The van der Waals surface area contributed by atoms with Gasteiger partial charge in [0.25, 0.3) is 5.91 Å². The maximum Gasteiger partial charge on any atom is 0.326 e. The van der Waals surface area contributed by atoms with Gasteiger partial charge in [-0.3, -0.25) is 4.79 Å². The molecular formula is C14H16Cl3NO4. The van der Waals surface area contributed by atoms with E-state index in [9.17, 15) is 9.59 Å². The second kappa shape index (κ2) is 8.46. The Morgan fingerprint density at radius 1 is 1.23 bits per heavy atom. The molecule has 0 fully saturated rings. The Kier molecular flexibility index (Phi) is 7.26. The molecule has 0 bridgehead atoms. The van der Waals surface area contributed by atoms with Crippen molar-refractivity contribution in [1.29, 1.82) is 0 Å². The molecule has 1 rings (SSSR count). The Balaban J connectivity index is 2.64. The van der Waals surface area contributed by atoms with Gasteiger partial charge in [0, 0.05) is 5.02 Å². The van der Waals surface area contributed by atoms with Crippen molar-refractivity contribution >= 4 is 46.7 Å². The van der Waals surface area contributed by atoms with Crippen LogP contribution in [0.5, 0.6) is 5.75 Å². The molecule has 0 heterocycles. The molecule has 1 amide bonds. The molecule has 8 heteroatoms. The molecule has 1 aromatic rings. The van der Waals surface area contributed by atoms with Crippen LogP contribution in [0.3, 0.4) is 0 Å². The Morgan fingerprint density at radius 2 is 1.77 bits per heavy atom. The first kappa shape index (κ1) is 18.9. The molecule has 2 N–H and O–H groups in total. The zero-order chi connectivity index (χ0) is 16.9. The van der Waals surface area contributed by atoms with E-state index >= 15 is 0 Å². The van der Waals surface area contributed by atoms with E-state index in [0.717, 1.165) is 0 Å². The van der Waals surface area contributed by atoms with Gasteiger partial charge in [-0.05, 0) is 24.5 Å². The molecule has 0 aromatic heterocycles. The van der Waals surface area contributed by atoms with Crippen LogP contribution in [-0.4, -0.2) is 29.6 Å². The lowest BCUT2D eigenvalue weighted by molar-refractivity contribution is -0.142. The highest BCUT2D eigenvalue weighted by Crippen LogP contribution is 2.35. The van der Waals surface area contributed by atoms with Gasteiger partial charge < -0.3 is 15.2 Å². The molecule has 5 nitrogen and oxygen atoms in total. The summed E-state index contributed by atoms with van der Waals surface area (Å²) in [5.41, 5.74) is 0. The van der Waals surface area contributed by atoms with Gasteiger partial charge in [-0.15, -0.1) is 0 Å². The first-order valence-corrected chi connectivity index (χ1v) is 7.63. The Labute approximate surface area is 143 Å². The predicted octanol–water partition coefficient (Wildman–Crippen LogP) is 3.64. The number of rotatable bonds is 7. The van der Waals surface area contributed by atoms with Crippen molar-refractivity contribution in [1.82, 2.24) is 5.32 Å². The number of aliphatic carboxylic acids is 1. The maximum absolute atomic E-state index is 11.8. The Bertz CT molecular complexity index is 540. The largest absolute Gasteiger partial charge is 0.481 e. The van der Waals surface area contributed by atoms with Gasteiger partial charge in [0.2, 0.25) is 0 Å². The second-order valence-corrected chi connectivity index (χ2v) is 6.33. The third kappa shape index (κ3) is 5.91. The smallest absolute Gasteiger partial charge is 0.326 e. The molecular weight excluding hydrogens is 353 g/mol. The molecule has 22 heavy (non-hydrogen) atoms. The summed E-state index contributed by atoms with van der Waals surface area (Å²) in [6, 6.07) is 1.90. The maximum atomic E-state index is 11.8. The lowest BCUT2D eigenvalue weighted by atomic mass is 10.0. The summed E-state index contributed by atoms with van der Waals surface area (Å²) in [4.78, 5) is 22.9. The summed E-state index contributed by atoms with van der Waals surface area (Å²) in [7, 11) is 0. The topological polar surface area (TPSA) is 75.6 Å². The molecule has 122 valence electrons. The van der Waals surface area contributed by atoms with Crippen molar-refractivity contribution in [3.8, 4) is 5.75 Å². The van der Waals surface area contributed by atoms with Crippen molar-refractivity contribution in [2.24, 2.45) is 5.92 Å². The van der Waals surface area contributed by atoms with Crippen LogP contribution in [-0.2, 0) is 9.59 Å². The number of halogens is 3. The third-order valence-electron chi connectivity index (χ3n) is 2.65. The van der Waals surface area contributed by atoms with Crippen LogP contribution in [0.4, 0.5) is 0 Å². The molecule has 0 radical (unpaired) electrons. The molecule has 0 saturated carbocycles. The summed E-state index contributed by atoms with van der Waals surface area (Å²) in [6.07, 6.45) is 0.323. The van der Waals surface area contributed by atoms with Gasteiger partial charge in [-0.1, -0.05) is 48.7 Å². The minimum absolute atomic E-state index is 0.124. The molecule has 0 aliphatic rings. The zero-order valence-corrected chi connectivity index (χ0v) is 14.3. The fourth-order valence-corrected chi connectivity index (χ4v) is 2.66. The van der Waals surface area contributed by atoms with Crippen molar-refractivity contribution in [2.45, 2.75) is 26.3 Å². The summed E-state index contributed by atoms with van der Waals surface area (Å²) in [5.74, 6) is -1.42. The van der Waals surface area contributed by atoms with Crippen LogP contribution < -0.4 is 10.1 Å². The highest BCUT2D eigenvalue weighted by atomic mass is 35.5. The minimum Gasteiger partial charge on any atom is -0.481 e. The van der Waals surface area contributed by atoms with Crippen LogP contribution in [0.15, 0.2) is 12.1 Å². The van der Waals surface area contributed by atoms with E-state index in [1.807, 2.05) is 13.8 Å². The van der Waals surface area contributed by atoms with E-state index in [-0.39, 0.29) is 21.7 Å². The predicted molar refractivity (Wildman–Crippen MR) is 86.0 cm³/mol.